The summed E-state index contributed by atoms with van der Waals surface area (Å²) in [6.45, 7) is 0. The Morgan fingerprint density at radius 3 is 2.04 bits per heavy atom. The largest absolute Gasteiger partial charge is 0.333 e. The smallest absolute Gasteiger partial charge is 0.271 e. The summed E-state index contributed by atoms with van der Waals surface area (Å²) in [5.41, 5.74) is 10.3. The molecule has 262 valence electrons. The van der Waals surface area contributed by atoms with E-state index in [9.17, 15) is 29.8 Å². The number of nitrogens with one attached hydrogen (secondary N) is 3. The molecule has 0 saturated carbocycles. The van der Waals surface area contributed by atoms with Gasteiger partial charge in [-0.25, -0.2) is 15.0 Å². The molecule has 0 aliphatic carbocycles. The van der Waals surface area contributed by atoms with Crippen molar-refractivity contribution in [3.63, 3.8) is 0 Å². The van der Waals surface area contributed by atoms with Crippen LogP contribution in [0.1, 0.15) is 11.1 Å². The van der Waals surface area contributed by atoms with Crippen LogP contribution in [-0.4, -0.2) is 59.3 Å². The summed E-state index contributed by atoms with van der Waals surface area (Å²) in [6, 6.07) is 23.7. The van der Waals surface area contributed by atoms with Crippen molar-refractivity contribution in [1.82, 2.24) is 19.9 Å². The van der Waals surface area contributed by atoms with Crippen LogP contribution in [0.25, 0.3) is 22.1 Å². The van der Waals surface area contributed by atoms with Crippen LogP contribution in [0, 0.1) is 20.2 Å². The molecule has 4 aromatic carbocycles. The zero-order valence-corrected chi connectivity index (χ0v) is 28.9. The van der Waals surface area contributed by atoms with Crippen LogP contribution < -0.4 is 10.2 Å². The van der Waals surface area contributed by atoms with Gasteiger partial charge in [-0.3, -0.25) is 34.7 Å². The summed E-state index contributed by atoms with van der Waals surface area (Å²) in [4.78, 5) is 69.4. The highest BCUT2D eigenvalue weighted by Crippen LogP contribution is 2.31. The minimum absolute atomic E-state index is 0.0247. The third kappa shape index (κ3) is 8.25. The third-order valence-corrected chi connectivity index (χ3v) is 9.48. The second-order valence-corrected chi connectivity index (χ2v) is 13.4. The number of anilines is 2. The van der Waals surface area contributed by atoms with Crippen LogP contribution >= 0.6 is 23.5 Å². The molecule has 3 N–H and O–H groups in total. The minimum atomic E-state index is -0.492. The fourth-order valence-corrected chi connectivity index (χ4v) is 6.85. The molecule has 0 spiro atoms. The second-order valence-electron chi connectivity index (χ2n) is 11.4. The van der Waals surface area contributed by atoms with E-state index >= 15 is 0 Å². The van der Waals surface area contributed by atoms with Crippen molar-refractivity contribution in [2.45, 2.75) is 16.7 Å². The van der Waals surface area contributed by atoms with E-state index < -0.39 is 9.85 Å². The molecule has 2 amide bonds. The number of nitro groups is 2. The number of thioether (sulfide) groups is 2. The number of fused-ring (bicyclic) bond motifs is 2. The second kappa shape index (κ2) is 15.2. The van der Waals surface area contributed by atoms with Gasteiger partial charge < -0.3 is 15.3 Å². The first kappa shape index (κ1) is 34.7. The van der Waals surface area contributed by atoms with Gasteiger partial charge in [-0.15, -0.1) is 0 Å². The number of aliphatic imine (C=N–C) groups is 1. The fourth-order valence-electron chi connectivity index (χ4n) is 5.43. The van der Waals surface area contributed by atoms with Crippen molar-refractivity contribution in [2.24, 2.45) is 4.99 Å². The molecule has 3 heterocycles. The highest BCUT2D eigenvalue weighted by atomic mass is 32.2. The summed E-state index contributed by atoms with van der Waals surface area (Å²) in [5.74, 6) is -0.648. The van der Waals surface area contributed by atoms with Gasteiger partial charge >= 0.3 is 0 Å². The minimum Gasteiger partial charge on any atom is -0.333 e. The van der Waals surface area contributed by atoms with Crippen molar-refractivity contribution < 1.29 is 19.4 Å². The van der Waals surface area contributed by atoms with Gasteiger partial charge in [0.05, 0.1) is 49.1 Å². The van der Waals surface area contributed by atoms with Gasteiger partial charge in [0.15, 0.2) is 16.1 Å². The number of H-pyrrole nitrogens is 2. The maximum Gasteiger partial charge on any atom is 0.271 e. The molecule has 0 bridgehead atoms. The molecule has 15 nitrogen and oxygen atoms in total. The first-order valence-corrected chi connectivity index (χ1v) is 17.7. The monoisotopic (exact) mass is 743 g/mol. The Balaban J connectivity index is 1.14. The summed E-state index contributed by atoms with van der Waals surface area (Å²) < 4.78 is 0. The van der Waals surface area contributed by atoms with Crippen molar-refractivity contribution >= 4 is 86.4 Å². The molecular weight excluding hydrogens is 719 g/mol. The number of non-ortho nitro benzene ring substituents is 2. The lowest BCUT2D eigenvalue weighted by atomic mass is 10.0. The molecule has 0 atom stereocenters. The van der Waals surface area contributed by atoms with Crippen LogP contribution in [-0.2, 0) is 16.0 Å². The highest BCUT2D eigenvalue weighted by Gasteiger charge is 2.23. The Labute approximate surface area is 307 Å². The van der Waals surface area contributed by atoms with E-state index in [2.05, 4.69) is 41.7 Å². The molecule has 0 saturated heterocycles. The quantitative estimate of drug-likeness (QED) is 0.0481. The van der Waals surface area contributed by atoms with E-state index in [0.29, 0.717) is 50.2 Å². The number of imidazole rings is 2. The van der Waals surface area contributed by atoms with Gasteiger partial charge in [0.2, 0.25) is 11.8 Å². The number of carbonyl (C=O) groups excluding carboxylic acids is 2. The molecule has 0 fully saturated rings. The van der Waals surface area contributed by atoms with E-state index in [1.807, 2.05) is 42.5 Å². The van der Waals surface area contributed by atoms with Crippen LogP contribution in [0.2, 0.25) is 0 Å². The van der Waals surface area contributed by atoms with Crippen molar-refractivity contribution in [3.8, 4) is 0 Å². The van der Waals surface area contributed by atoms with Crippen LogP contribution in [0.3, 0.4) is 0 Å². The lowest BCUT2D eigenvalue weighted by Gasteiger charge is -2.23. The average molecular weight is 744 g/mol. The number of hydrogen-bond donors (Lipinski definition) is 3. The van der Waals surface area contributed by atoms with Crippen molar-refractivity contribution in [2.75, 3.05) is 21.7 Å². The van der Waals surface area contributed by atoms with Crippen LogP contribution in [0.4, 0.5) is 22.7 Å². The molecule has 1 aliphatic heterocycles. The average Bonchev–Trinajstić information content (AvgIpc) is 3.77. The van der Waals surface area contributed by atoms with Gasteiger partial charge in [0.25, 0.3) is 11.4 Å². The zero-order chi connectivity index (χ0) is 36.9. The van der Waals surface area contributed by atoms with E-state index in [1.165, 1.54) is 41.4 Å². The van der Waals surface area contributed by atoms with E-state index in [0.717, 1.165) is 34.7 Å². The Morgan fingerprint density at radius 2 is 1.43 bits per heavy atom. The van der Waals surface area contributed by atoms with Gasteiger partial charge in [-0.2, -0.15) is 0 Å². The number of hydrogen-bond acceptors (Lipinski definition) is 11. The number of benzene rings is 4. The predicted octanol–water partition coefficient (Wildman–Crippen LogP) is 6.94. The number of aromatic amines is 2. The Kier molecular flexibility index (Phi) is 9.96. The number of allylic oxidation sites excluding steroid dienone is 1. The number of amides is 2. The molecule has 0 unspecified atom stereocenters. The number of nitro benzene ring substituents is 2. The summed E-state index contributed by atoms with van der Waals surface area (Å²) in [5, 5.41) is 26.1. The SMILES string of the molecule is O=C(CSc1nc2ccc([N+](=O)[O-])cc2[nH]1)Nc1cc(Cc2ccccc2)cc(N(C(=O)CSc2nc3ccc([N+](=O)[O-])cc3[nH]2)C2=C=C=CC=N2)c1. The number of nitrogens with zero attached hydrogens (tertiary/aromatic N) is 6. The van der Waals surface area contributed by atoms with Gasteiger partial charge in [-0.05, 0) is 53.6 Å². The molecule has 1 aliphatic rings. The molecule has 6 aromatic rings. The van der Waals surface area contributed by atoms with Gasteiger partial charge in [0, 0.05) is 42.2 Å². The van der Waals surface area contributed by atoms with Crippen molar-refractivity contribution in [1.29, 1.82) is 0 Å². The normalized spacial score (nSPS) is 11.9. The third-order valence-electron chi connectivity index (χ3n) is 7.75. The highest BCUT2D eigenvalue weighted by molar-refractivity contribution is 8.00. The molecule has 2 aromatic heterocycles. The first-order valence-electron chi connectivity index (χ1n) is 15.8. The topological polar surface area (TPSA) is 205 Å². The van der Waals surface area contributed by atoms with Crippen LogP contribution in [0.5, 0.6) is 0 Å². The number of carbonyl (C=O) groups is 2. The van der Waals surface area contributed by atoms with Gasteiger partial charge in [0.1, 0.15) is 0 Å². The lowest BCUT2D eigenvalue weighted by Crippen LogP contribution is -2.31. The maximum atomic E-state index is 14.0. The van der Waals surface area contributed by atoms with Crippen LogP contribution in [0.15, 0.2) is 124 Å². The molecular formula is C36H25N9O6S2. The lowest BCUT2D eigenvalue weighted by molar-refractivity contribution is -0.384. The van der Waals surface area contributed by atoms with Gasteiger partial charge in [-0.1, -0.05) is 59.6 Å². The summed E-state index contributed by atoms with van der Waals surface area (Å²) >= 11 is 2.26. The molecule has 53 heavy (non-hydrogen) atoms. The fraction of sp³-hybridized carbons (Fsp3) is 0.0833. The van der Waals surface area contributed by atoms with Crippen molar-refractivity contribution in [3.05, 3.63) is 140 Å². The summed E-state index contributed by atoms with van der Waals surface area (Å²) in [6.07, 6.45) is 3.56. The number of aromatic nitrogens is 4. The van der Waals surface area contributed by atoms with E-state index in [-0.39, 0.29) is 40.5 Å². The van der Waals surface area contributed by atoms with E-state index in [4.69, 9.17) is 0 Å². The first-order chi connectivity index (χ1) is 25.7. The summed E-state index contributed by atoms with van der Waals surface area (Å²) in [7, 11) is 0. The Bertz CT molecular complexity index is 2570. The van der Waals surface area contributed by atoms with E-state index in [1.54, 1.807) is 18.2 Å². The Hall–Kier alpha value is -6.77. The maximum absolute atomic E-state index is 14.0. The number of rotatable bonds is 13. The molecule has 17 heteroatoms. The molecule has 0 radical (unpaired) electrons. The predicted molar refractivity (Wildman–Crippen MR) is 202 cm³/mol. The zero-order valence-electron chi connectivity index (χ0n) is 27.3. The Morgan fingerprint density at radius 1 is 0.792 bits per heavy atom. The standard InChI is InChI=1S/C36H25N9O6S2/c46-33(20-52-35-39-28-11-9-25(44(48)49)18-30(28)41-35)38-24-15-23(14-22-6-2-1-3-7-22)16-27(17-24)43(32-8-4-5-13-37-32)34(47)21-53-36-40-29-12-10-26(45(50)51)19-31(29)42-36/h1-3,5-7,9-13,15-19H,14,20-21H2,(H,38,46)(H,39,41)(H,40,42). The molecule has 7 rings (SSSR count).